The van der Waals surface area contributed by atoms with Gasteiger partial charge >= 0.3 is 0 Å². The lowest BCUT2D eigenvalue weighted by Gasteiger charge is -2.08. The van der Waals surface area contributed by atoms with Crippen molar-refractivity contribution < 1.29 is 9.15 Å². The maximum Gasteiger partial charge on any atom is 0.261 e. The lowest BCUT2D eigenvalue weighted by atomic mass is 10.1. The zero-order valence-corrected chi connectivity index (χ0v) is 13.8. The minimum absolute atomic E-state index is 0.707. The summed E-state index contributed by atoms with van der Waals surface area (Å²) in [7, 11) is 1.71. The van der Waals surface area contributed by atoms with E-state index in [2.05, 4.69) is 35.4 Å². The van der Waals surface area contributed by atoms with Gasteiger partial charge < -0.3 is 14.5 Å². The van der Waals surface area contributed by atoms with Crippen LogP contribution < -0.4 is 5.32 Å². The van der Waals surface area contributed by atoms with Crippen molar-refractivity contribution in [1.82, 2.24) is 10.3 Å². The van der Waals surface area contributed by atoms with Gasteiger partial charge in [-0.15, -0.1) is 0 Å². The number of nitrogens with zero attached hydrogens (tertiary/aromatic N) is 1. The highest BCUT2D eigenvalue weighted by molar-refractivity contribution is 7.99. The van der Waals surface area contributed by atoms with Crippen LogP contribution in [-0.2, 0) is 11.3 Å². The molecular weight excluding hydrogens is 284 g/mol. The summed E-state index contributed by atoms with van der Waals surface area (Å²) in [6, 6.07) is 6.46. The molecule has 0 fully saturated rings. The minimum atomic E-state index is 0.707. The van der Waals surface area contributed by atoms with Crippen LogP contribution in [0.5, 0.6) is 0 Å². The first-order chi connectivity index (χ1) is 10.1. The van der Waals surface area contributed by atoms with Gasteiger partial charge in [0.2, 0.25) is 0 Å². The van der Waals surface area contributed by atoms with Crippen molar-refractivity contribution in [3.8, 4) is 0 Å². The summed E-state index contributed by atoms with van der Waals surface area (Å²) in [5, 5.41) is 4.05. The molecule has 0 spiro atoms. The van der Waals surface area contributed by atoms with Crippen LogP contribution in [0.25, 0.3) is 0 Å². The van der Waals surface area contributed by atoms with Gasteiger partial charge in [-0.25, -0.2) is 4.98 Å². The molecule has 0 aliphatic heterocycles. The number of hydrogen-bond acceptors (Lipinski definition) is 5. The Morgan fingerprint density at radius 1 is 1.29 bits per heavy atom. The van der Waals surface area contributed by atoms with E-state index in [1.807, 2.05) is 13.8 Å². The molecule has 1 aromatic carbocycles. The summed E-state index contributed by atoms with van der Waals surface area (Å²) in [4.78, 5) is 5.59. The van der Waals surface area contributed by atoms with E-state index in [4.69, 9.17) is 9.15 Å². The molecule has 0 saturated heterocycles. The van der Waals surface area contributed by atoms with E-state index in [9.17, 15) is 0 Å². The van der Waals surface area contributed by atoms with E-state index in [0.29, 0.717) is 5.22 Å². The molecule has 1 aromatic heterocycles. The fourth-order valence-corrected chi connectivity index (χ4v) is 2.82. The Hall–Kier alpha value is -1.30. The number of benzene rings is 1. The van der Waals surface area contributed by atoms with E-state index in [1.54, 1.807) is 18.9 Å². The summed E-state index contributed by atoms with van der Waals surface area (Å²) in [6.07, 6.45) is 0. The van der Waals surface area contributed by atoms with Crippen molar-refractivity contribution >= 4 is 11.8 Å². The topological polar surface area (TPSA) is 47.3 Å². The van der Waals surface area contributed by atoms with Gasteiger partial charge in [0, 0.05) is 25.1 Å². The van der Waals surface area contributed by atoms with Gasteiger partial charge in [-0.1, -0.05) is 12.1 Å². The molecule has 0 aliphatic rings. The maximum atomic E-state index is 5.62. The zero-order valence-electron chi connectivity index (χ0n) is 13.0. The highest BCUT2D eigenvalue weighted by Crippen LogP contribution is 2.31. The fourth-order valence-electron chi connectivity index (χ4n) is 1.92. The van der Waals surface area contributed by atoms with Gasteiger partial charge in [-0.2, -0.15) is 0 Å². The molecule has 0 bridgehead atoms. The predicted octanol–water partition coefficient (Wildman–Crippen LogP) is 3.49. The Bertz CT molecular complexity index is 576. The van der Waals surface area contributed by atoms with Gasteiger partial charge in [-0.3, -0.25) is 0 Å². The summed E-state index contributed by atoms with van der Waals surface area (Å²) in [5.41, 5.74) is 3.46. The molecule has 1 N–H and O–H groups in total. The van der Waals surface area contributed by atoms with Crippen LogP contribution >= 0.6 is 11.8 Å². The lowest BCUT2D eigenvalue weighted by molar-refractivity contribution is 0.199. The summed E-state index contributed by atoms with van der Waals surface area (Å²) in [6.45, 7) is 8.46. The molecular formula is C16H22N2O2S. The van der Waals surface area contributed by atoms with Gasteiger partial charge in [0.05, 0.1) is 12.3 Å². The van der Waals surface area contributed by atoms with Crippen LogP contribution in [0.3, 0.4) is 0 Å². The zero-order chi connectivity index (χ0) is 15.2. The van der Waals surface area contributed by atoms with E-state index < -0.39 is 0 Å². The number of rotatable bonds is 7. The minimum Gasteiger partial charge on any atom is -0.436 e. The number of aromatic nitrogens is 1. The number of methoxy groups -OCH3 is 1. The smallest absolute Gasteiger partial charge is 0.261 e. The maximum absolute atomic E-state index is 5.62. The largest absolute Gasteiger partial charge is 0.436 e. The highest BCUT2D eigenvalue weighted by atomic mass is 32.2. The SMILES string of the molecule is COCCNCc1ccc(Sc2nc(C)c(C)o2)c(C)c1. The number of oxazole rings is 1. The molecule has 0 radical (unpaired) electrons. The normalized spacial score (nSPS) is 11.0. The van der Waals surface area contributed by atoms with Crippen molar-refractivity contribution in [2.45, 2.75) is 37.4 Å². The van der Waals surface area contributed by atoms with E-state index in [0.717, 1.165) is 31.2 Å². The Labute approximate surface area is 130 Å². The molecule has 0 saturated carbocycles. The third-order valence-corrected chi connectivity index (χ3v) is 4.28. The molecule has 2 aromatic rings. The van der Waals surface area contributed by atoms with E-state index in [1.165, 1.54) is 16.0 Å². The number of aryl methyl sites for hydroxylation is 3. The average Bonchev–Trinajstić information content (AvgIpc) is 2.76. The molecule has 0 unspecified atom stereocenters. The average molecular weight is 306 g/mol. The Kier molecular flexibility index (Phi) is 5.85. The number of nitrogens with one attached hydrogen (secondary N) is 1. The molecule has 21 heavy (non-hydrogen) atoms. The van der Waals surface area contributed by atoms with E-state index in [-0.39, 0.29) is 0 Å². The molecule has 114 valence electrons. The van der Waals surface area contributed by atoms with Crippen LogP contribution in [0, 0.1) is 20.8 Å². The van der Waals surface area contributed by atoms with Crippen LogP contribution in [0.15, 0.2) is 32.7 Å². The molecule has 1 heterocycles. The van der Waals surface area contributed by atoms with Gasteiger partial charge in [-0.05, 0) is 49.7 Å². The summed E-state index contributed by atoms with van der Waals surface area (Å²) < 4.78 is 10.6. The first-order valence-corrected chi connectivity index (χ1v) is 7.83. The monoisotopic (exact) mass is 306 g/mol. The first kappa shape index (κ1) is 16.1. The predicted molar refractivity (Wildman–Crippen MR) is 84.9 cm³/mol. The van der Waals surface area contributed by atoms with E-state index >= 15 is 0 Å². The number of hydrogen-bond donors (Lipinski definition) is 1. The third-order valence-electron chi connectivity index (χ3n) is 3.26. The standard InChI is InChI=1S/C16H22N2O2S/c1-11-9-14(10-17-7-8-19-4)5-6-15(11)21-16-18-12(2)13(3)20-16/h5-6,9,17H,7-8,10H2,1-4H3. The Morgan fingerprint density at radius 3 is 2.71 bits per heavy atom. The second kappa shape index (κ2) is 7.64. The fraction of sp³-hybridized carbons (Fsp3) is 0.438. The summed E-state index contributed by atoms with van der Waals surface area (Å²) >= 11 is 1.57. The van der Waals surface area contributed by atoms with Crippen LogP contribution in [0.2, 0.25) is 0 Å². The molecule has 0 amide bonds. The van der Waals surface area contributed by atoms with Gasteiger partial charge in [0.1, 0.15) is 5.76 Å². The van der Waals surface area contributed by atoms with Gasteiger partial charge in [0.25, 0.3) is 5.22 Å². The molecule has 2 rings (SSSR count). The second-order valence-electron chi connectivity index (χ2n) is 4.99. The molecule has 0 atom stereocenters. The van der Waals surface area contributed by atoms with Crippen molar-refractivity contribution in [3.63, 3.8) is 0 Å². The van der Waals surface area contributed by atoms with Crippen molar-refractivity contribution in [1.29, 1.82) is 0 Å². The Morgan fingerprint density at radius 2 is 2.10 bits per heavy atom. The highest BCUT2D eigenvalue weighted by Gasteiger charge is 2.09. The third kappa shape index (κ3) is 4.59. The Balaban J connectivity index is 1.98. The summed E-state index contributed by atoms with van der Waals surface area (Å²) in [5.74, 6) is 0.883. The lowest BCUT2D eigenvalue weighted by Crippen LogP contribution is -2.18. The van der Waals surface area contributed by atoms with Crippen molar-refractivity contribution in [3.05, 3.63) is 40.8 Å². The molecule has 4 nitrogen and oxygen atoms in total. The van der Waals surface area contributed by atoms with Gasteiger partial charge in [0.15, 0.2) is 0 Å². The quantitative estimate of drug-likeness (QED) is 0.794. The van der Waals surface area contributed by atoms with Crippen LogP contribution in [0.4, 0.5) is 0 Å². The first-order valence-electron chi connectivity index (χ1n) is 7.01. The van der Waals surface area contributed by atoms with Crippen LogP contribution in [0.1, 0.15) is 22.6 Å². The molecule has 0 aliphatic carbocycles. The molecule has 5 heteroatoms. The number of ether oxygens (including phenoxy) is 1. The van der Waals surface area contributed by atoms with Crippen LogP contribution in [-0.4, -0.2) is 25.2 Å². The van der Waals surface area contributed by atoms with Crippen molar-refractivity contribution in [2.24, 2.45) is 0 Å². The second-order valence-corrected chi connectivity index (χ2v) is 5.99. The van der Waals surface area contributed by atoms with Crippen molar-refractivity contribution in [2.75, 3.05) is 20.3 Å².